The molecule has 2 aliphatic heterocycles. The van der Waals surface area contributed by atoms with Gasteiger partial charge in [0.05, 0.1) is 29.7 Å². The maximum Gasteiger partial charge on any atom is 0.262 e. The largest absolute Gasteiger partial charge is 0.482 e. The van der Waals surface area contributed by atoms with Gasteiger partial charge in [-0.25, -0.2) is 4.99 Å². The SMILES string of the molecule is Cc1cccc(C)c1N=c1scc(-c2ccc3c(c2)NC(=O)CO3)n1CC1CCCO1. The van der Waals surface area contributed by atoms with E-state index >= 15 is 0 Å². The first-order valence-corrected chi connectivity index (χ1v) is 11.4. The summed E-state index contributed by atoms with van der Waals surface area (Å²) >= 11 is 1.63. The molecule has 1 N–H and O–H groups in total. The van der Waals surface area contributed by atoms with Gasteiger partial charge in [-0.05, 0) is 56.0 Å². The number of para-hydroxylation sites is 1. The van der Waals surface area contributed by atoms with Crippen LogP contribution in [0.2, 0.25) is 0 Å². The van der Waals surface area contributed by atoms with Gasteiger partial charge in [-0.2, -0.15) is 0 Å². The molecule has 6 nitrogen and oxygen atoms in total. The number of aryl methyl sites for hydroxylation is 2. The monoisotopic (exact) mass is 435 g/mol. The van der Waals surface area contributed by atoms with Crippen LogP contribution in [-0.4, -0.2) is 29.8 Å². The second-order valence-corrected chi connectivity index (χ2v) is 8.89. The second-order valence-electron chi connectivity index (χ2n) is 8.05. The predicted octanol–water partition coefficient (Wildman–Crippen LogP) is 4.58. The summed E-state index contributed by atoms with van der Waals surface area (Å²) in [5.41, 5.74) is 6.12. The molecule has 1 unspecified atom stereocenters. The maximum atomic E-state index is 11.8. The van der Waals surface area contributed by atoms with E-state index < -0.39 is 0 Å². The normalized spacial score (nSPS) is 18.6. The Hall–Kier alpha value is -2.90. The number of carbonyl (C=O) groups is 1. The summed E-state index contributed by atoms with van der Waals surface area (Å²) in [4.78, 5) is 17.8. The van der Waals surface area contributed by atoms with Crippen molar-refractivity contribution >= 4 is 28.6 Å². The molecule has 1 saturated heterocycles. The molecule has 1 fully saturated rings. The van der Waals surface area contributed by atoms with Crippen molar-refractivity contribution in [3.63, 3.8) is 0 Å². The van der Waals surface area contributed by atoms with Crippen molar-refractivity contribution in [1.82, 2.24) is 4.57 Å². The number of nitrogens with zero attached hydrogens (tertiary/aromatic N) is 2. The summed E-state index contributed by atoms with van der Waals surface area (Å²) in [6, 6.07) is 12.2. The van der Waals surface area contributed by atoms with E-state index in [0.717, 1.165) is 58.9 Å². The Bertz CT molecular complexity index is 1180. The first-order chi connectivity index (χ1) is 15.1. The van der Waals surface area contributed by atoms with Gasteiger partial charge < -0.3 is 19.4 Å². The van der Waals surface area contributed by atoms with E-state index in [-0.39, 0.29) is 18.6 Å². The van der Waals surface area contributed by atoms with E-state index in [1.165, 1.54) is 0 Å². The molecule has 1 atom stereocenters. The Morgan fingerprint density at radius 3 is 2.84 bits per heavy atom. The van der Waals surface area contributed by atoms with Crippen molar-refractivity contribution in [2.45, 2.75) is 39.3 Å². The zero-order valence-corrected chi connectivity index (χ0v) is 18.5. The Kier molecular flexibility index (Phi) is 5.38. The number of aromatic nitrogens is 1. The molecule has 1 aromatic heterocycles. The average molecular weight is 436 g/mol. The molecule has 31 heavy (non-hydrogen) atoms. The van der Waals surface area contributed by atoms with Crippen molar-refractivity contribution in [3.8, 4) is 17.0 Å². The van der Waals surface area contributed by atoms with Crippen LogP contribution < -0.4 is 14.9 Å². The van der Waals surface area contributed by atoms with Crippen LogP contribution >= 0.6 is 11.3 Å². The first kappa shape index (κ1) is 20.0. The Morgan fingerprint density at radius 2 is 2.06 bits per heavy atom. The molecule has 5 rings (SSSR count). The maximum absolute atomic E-state index is 11.8. The fraction of sp³-hybridized carbons (Fsp3) is 0.333. The first-order valence-electron chi connectivity index (χ1n) is 10.6. The van der Waals surface area contributed by atoms with E-state index in [9.17, 15) is 4.79 Å². The third kappa shape index (κ3) is 4.03. The van der Waals surface area contributed by atoms with Gasteiger partial charge in [-0.15, -0.1) is 11.3 Å². The lowest BCUT2D eigenvalue weighted by atomic mass is 10.1. The topological polar surface area (TPSA) is 64.8 Å². The number of hydrogen-bond donors (Lipinski definition) is 1. The highest BCUT2D eigenvalue weighted by Gasteiger charge is 2.21. The molecule has 2 aliphatic rings. The van der Waals surface area contributed by atoms with E-state index in [4.69, 9.17) is 14.5 Å². The number of carbonyl (C=O) groups excluding carboxylic acids is 1. The second kappa shape index (κ2) is 8.32. The van der Waals surface area contributed by atoms with E-state index in [1.54, 1.807) is 11.3 Å². The highest BCUT2D eigenvalue weighted by molar-refractivity contribution is 7.07. The van der Waals surface area contributed by atoms with E-state index in [0.29, 0.717) is 11.4 Å². The number of hydrogen-bond acceptors (Lipinski definition) is 5. The lowest BCUT2D eigenvalue weighted by Gasteiger charge is -2.19. The summed E-state index contributed by atoms with van der Waals surface area (Å²) in [6.07, 6.45) is 2.33. The van der Waals surface area contributed by atoms with Gasteiger partial charge in [-0.3, -0.25) is 4.79 Å². The lowest BCUT2D eigenvalue weighted by molar-refractivity contribution is -0.118. The number of ether oxygens (including phenoxy) is 2. The number of anilines is 1. The zero-order valence-electron chi connectivity index (χ0n) is 17.7. The van der Waals surface area contributed by atoms with Gasteiger partial charge in [0.15, 0.2) is 11.4 Å². The number of benzene rings is 2. The highest BCUT2D eigenvalue weighted by Crippen LogP contribution is 2.33. The molecule has 0 spiro atoms. The average Bonchev–Trinajstić information content (AvgIpc) is 3.41. The fourth-order valence-corrected chi connectivity index (χ4v) is 5.06. The summed E-state index contributed by atoms with van der Waals surface area (Å²) in [6.45, 7) is 5.81. The summed E-state index contributed by atoms with van der Waals surface area (Å²) in [5, 5.41) is 5.04. The predicted molar refractivity (Wildman–Crippen MR) is 122 cm³/mol. The van der Waals surface area contributed by atoms with Crippen LogP contribution in [0.25, 0.3) is 11.3 Å². The van der Waals surface area contributed by atoms with Crippen LogP contribution in [0.3, 0.4) is 0 Å². The lowest BCUT2D eigenvalue weighted by Crippen LogP contribution is -2.25. The fourth-order valence-electron chi connectivity index (χ4n) is 4.14. The van der Waals surface area contributed by atoms with Crippen LogP contribution in [0.5, 0.6) is 5.75 Å². The van der Waals surface area contributed by atoms with Crippen molar-refractivity contribution in [2.75, 3.05) is 18.5 Å². The van der Waals surface area contributed by atoms with Crippen molar-refractivity contribution < 1.29 is 14.3 Å². The van der Waals surface area contributed by atoms with E-state index in [1.807, 2.05) is 18.2 Å². The molecular formula is C24H25N3O3S. The Balaban J connectivity index is 1.62. The number of rotatable bonds is 4. The van der Waals surface area contributed by atoms with Gasteiger partial charge >= 0.3 is 0 Å². The summed E-state index contributed by atoms with van der Waals surface area (Å²) < 4.78 is 13.7. The molecule has 0 bridgehead atoms. The molecule has 1 amide bonds. The highest BCUT2D eigenvalue weighted by atomic mass is 32.1. The molecule has 0 radical (unpaired) electrons. The van der Waals surface area contributed by atoms with Crippen LogP contribution in [0.15, 0.2) is 46.8 Å². The van der Waals surface area contributed by atoms with Gasteiger partial charge in [0.1, 0.15) is 5.75 Å². The summed E-state index contributed by atoms with van der Waals surface area (Å²) in [5.74, 6) is 0.567. The number of nitrogens with one attached hydrogen (secondary N) is 1. The van der Waals surface area contributed by atoms with E-state index in [2.05, 4.69) is 47.3 Å². The molecule has 0 aliphatic carbocycles. The number of fused-ring (bicyclic) bond motifs is 1. The minimum Gasteiger partial charge on any atom is -0.482 e. The smallest absolute Gasteiger partial charge is 0.262 e. The van der Waals surface area contributed by atoms with Gasteiger partial charge in [0.25, 0.3) is 5.91 Å². The third-order valence-corrected chi connectivity index (χ3v) is 6.63. The molecule has 7 heteroatoms. The molecule has 3 aromatic rings. The molecular weight excluding hydrogens is 410 g/mol. The summed E-state index contributed by atoms with van der Waals surface area (Å²) in [7, 11) is 0. The molecule has 0 saturated carbocycles. The molecule has 160 valence electrons. The van der Waals surface area contributed by atoms with Crippen molar-refractivity contribution in [3.05, 3.63) is 57.7 Å². The quantitative estimate of drug-likeness (QED) is 0.653. The van der Waals surface area contributed by atoms with Crippen LogP contribution in [0.4, 0.5) is 11.4 Å². The van der Waals surface area contributed by atoms with Crippen LogP contribution in [0, 0.1) is 13.8 Å². The minimum atomic E-state index is -0.132. The number of thiazole rings is 1. The van der Waals surface area contributed by atoms with Gasteiger partial charge in [0, 0.05) is 17.6 Å². The third-order valence-electron chi connectivity index (χ3n) is 5.76. The number of amides is 1. The Morgan fingerprint density at radius 1 is 1.23 bits per heavy atom. The van der Waals surface area contributed by atoms with Crippen molar-refractivity contribution in [1.29, 1.82) is 0 Å². The Labute approximate surface area is 185 Å². The molecule has 2 aromatic carbocycles. The standard InChI is InChI=1S/C24H25N3O3S/c1-15-5-3-6-16(2)23(15)26-24-27(12-18-7-4-10-29-18)20(14-31-24)17-8-9-21-19(11-17)25-22(28)13-30-21/h3,5-6,8-9,11,14,18H,4,7,10,12-13H2,1-2H3,(H,25,28). The van der Waals surface area contributed by atoms with Gasteiger partial charge in [0.2, 0.25) is 0 Å². The zero-order chi connectivity index (χ0) is 21.4. The minimum absolute atomic E-state index is 0.0582. The van der Waals surface area contributed by atoms with Gasteiger partial charge in [-0.1, -0.05) is 18.2 Å². The van der Waals surface area contributed by atoms with Crippen molar-refractivity contribution in [2.24, 2.45) is 4.99 Å². The van der Waals surface area contributed by atoms with Crippen LogP contribution in [-0.2, 0) is 16.1 Å². The molecule has 3 heterocycles. The van der Waals surface area contributed by atoms with Crippen LogP contribution in [0.1, 0.15) is 24.0 Å².